The molecule has 0 spiro atoms. The second-order valence-electron chi connectivity index (χ2n) is 6.27. The van der Waals surface area contributed by atoms with Crippen LogP contribution < -0.4 is 0 Å². The fraction of sp³-hybridized carbons (Fsp3) is 0.588. The zero-order valence-electron chi connectivity index (χ0n) is 15.2. The van der Waals surface area contributed by atoms with E-state index in [1.807, 2.05) is 18.2 Å². The van der Waals surface area contributed by atoms with Crippen molar-refractivity contribution in [1.29, 1.82) is 0 Å². The lowest BCUT2D eigenvalue weighted by atomic mass is 9.81. The SMILES string of the molecule is COC(c1ccccc1)C1C(=O)CCCC1[S+](C)C.O=S(=O)([O-])C(F)(F)F. The second-order valence-corrected chi connectivity index (χ2v) is 10.0. The number of hydrogen-bond donors (Lipinski definition) is 0. The molecule has 1 aliphatic rings. The summed E-state index contributed by atoms with van der Waals surface area (Å²) in [5.41, 5.74) is -4.52. The van der Waals surface area contributed by atoms with Crippen LogP contribution in [0.1, 0.15) is 30.9 Å². The number of alkyl halides is 3. The van der Waals surface area contributed by atoms with E-state index in [1.165, 1.54) is 0 Å². The predicted octanol–water partition coefficient (Wildman–Crippen LogP) is 3.04. The molecular formula is C17H23F3O5S2. The molecule has 0 aliphatic heterocycles. The maximum atomic E-state index is 12.4. The van der Waals surface area contributed by atoms with Crippen LogP contribution in [0.4, 0.5) is 13.2 Å². The van der Waals surface area contributed by atoms with Gasteiger partial charge in [-0.3, -0.25) is 4.79 Å². The maximum absolute atomic E-state index is 12.4. The number of ether oxygens (including phenoxy) is 1. The Hall–Kier alpha value is -1.10. The number of carbonyl (C=O) groups excluding carboxylic acids is 1. The highest BCUT2D eigenvalue weighted by Gasteiger charge is 2.44. The average Bonchev–Trinajstić information content (AvgIpc) is 2.56. The van der Waals surface area contributed by atoms with Crippen molar-refractivity contribution in [2.24, 2.45) is 5.92 Å². The summed E-state index contributed by atoms with van der Waals surface area (Å²) < 4.78 is 64.6. The molecule has 0 heterocycles. The van der Waals surface area contributed by atoms with Crippen LogP contribution in [0.2, 0.25) is 0 Å². The van der Waals surface area contributed by atoms with Crippen LogP contribution in [0.3, 0.4) is 0 Å². The third-order valence-corrected chi connectivity index (χ3v) is 6.59. The first-order chi connectivity index (χ1) is 12.4. The minimum atomic E-state index is -6.09. The van der Waals surface area contributed by atoms with Gasteiger partial charge in [0.25, 0.3) is 0 Å². The number of benzene rings is 1. The maximum Gasteiger partial charge on any atom is 0.485 e. The largest absolute Gasteiger partial charge is 0.741 e. The summed E-state index contributed by atoms with van der Waals surface area (Å²) in [6.45, 7) is 0. The Bertz CT molecular complexity index is 705. The van der Waals surface area contributed by atoms with Gasteiger partial charge in [0.05, 0.1) is 24.5 Å². The molecule has 1 aliphatic carbocycles. The lowest BCUT2D eigenvalue weighted by molar-refractivity contribution is -0.129. The summed E-state index contributed by atoms with van der Waals surface area (Å²) in [5.74, 6) is 0.410. The normalized spacial score (nSPS) is 22.1. The molecule has 0 bridgehead atoms. The lowest BCUT2D eigenvalue weighted by Gasteiger charge is -2.33. The Kier molecular flexibility index (Phi) is 8.78. The zero-order chi connectivity index (χ0) is 20.8. The van der Waals surface area contributed by atoms with E-state index in [4.69, 9.17) is 17.7 Å². The van der Waals surface area contributed by atoms with Gasteiger partial charge in [0, 0.05) is 13.5 Å². The molecule has 3 atom stereocenters. The molecule has 154 valence electrons. The Balaban J connectivity index is 0.000000387. The first kappa shape index (κ1) is 23.9. The molecule has 1 aromatic rings. The van der Waals surface area contributed by atoms with E-state index in [1.54, 1.807) is 7.11 Å². The van der Waals surface area contributed by atoms with Crippen molar-refractivity contribution < 1.29 is 35.7 Å². The van der Waals surface area contributed by atoms with Crippen molar-refractivity contribution >= 4 is 26.8 Å². The third-order valence-electron chi connectivity index (χ3n) is 4.28. The Morgan fingerprint density at radius 3 is 2.15 bits per heavy atom. The van der Waals surface area contributed by atoms with Crippen LogP contribution in [-0.2, 0) is 30.5 Å². The van der Waals surface area contributed by atoms with E-state index in [0.717, 1.165) is 18.4 Å². The van der Waals surface area contributed by atoms with Gasteiger partial charge in [-0.2, -0.15) is 13.2 Å². The van der Waals surface area contributed by atoms with Gasteiger partial charge in [-0.15, -0.1) is 0 Å². The number of methoxy groups -OCH3 is 1. The van der Waals surface area contributed by atoms with Gasteiger partial charge in [0.15, 0.2) is 10.1 Å². The van der Waals surface area contributed by atoms with Gasteiger partial charge in [-0.05, 0) is 29.3 Å². The molecule has 27 heavy (non-hydrogen) atoms. The van der Waals surface area contributed by atoms with Crippen LogP contribution in [0.5, 0.6) is 0 Å². The molecule has 1 aromatic carbocycles. The molecule has 1 fully saturated rings. The standard InChI is InChI=1S/C16H23O2S.CHF3O3S/c1-18-16(12-8-5-4-6-9-12)15-13(17)10-7-11-14(15)19(2)3;2-1(3,4)8(5,6)7/h4-6,8-9,14-16H,7,10-11H2,1-3H3;(H,5,6,7)/q+1;/p-1. The van der Waals surface area contributed by atoms with Gasteiger partial charge in [0.1, 0.15) is 11.0 Å². The zero-order valence-corrected chi connectivity index (χ0v) is 16.9. The van der Waals surface area contributed by atoms with Gasteiger partial charge < -0.3 is 9.29 Å². The summed E-state index contributed by atoms with van der Waals surface area (Å²) in [6, 6.07) is 10.2. The number of hydrogen-bond acceptors (Lipinski definition) is 5. The fourth-order valence-corrected chi connectivity index (χ4v) is 4.58. The molecule has 0 saturated heterocycles. The van der Waals surface area contributed by atoms with Crippen LogP contribution in [0, 0.1) is 5.92 Å². The van der Waals surface area contributed by atoms with E-state index in [9.17, 15) is 18.0 Å². The number of rotatable bonds is 4. The Morgan fingerprint density at radius 2 is 1.74 bits per heavy atom. The van der Waals surface area contributed by atoms with Crippen LogP contribution in [0.25, 0.3) is 0 Å². The Morgan fingerprint density at radius 1 is 1.22 bits per heavy atom. The quantitative estimate of drug-likeness (QED) is 0.418. The van der Waals surface area contributed by atoms with Gasteiger partial charge in [0.2, 0.25) is 0 Å². The molecule has 3 unspecified atom stereocenters. The van der Waals surface area contributed by atoms with Crippen molar-refractivity contribution in [1.82, 2.24) is 0 Å². The van der Waals surface area contributed by atoms with Gasteiger partial charge in [-0.25, -0.2) is 8.42 Å². The molecule has 5 nitrogen and oxygen atoms in total. The van der Waals surface area contributed by atoms with E-state index < -0.39 is 15.6 Å². The highest BCUT2D eigenvalue weighted by atomic mass is 32.2. The second kappa shape index (κ2) is 9.90. The molecule has 10 heteroatoms. The number of ketones is 1. The molecule has 0 aromatic heterocycles. The smallest absolute Gasteiger partial charge is 0.485 e. The predicted molar refractivity (Wildman–Crippen MR) is 97.3 cm³/mol. The summed E-state index contributed by atoms with van der Waals surface area (Å²) in [6.07, 6.45) is 7.30. The van der Waals surface area contributed by atoms with Crippen molar-refractivity contribution in [2.75, 3.05) is 19.6 Å². The summed E-state index contributed by atoms with van der Waals surface area (Å²) in [4.78, 5) is 12.4. The molecule has 2 rings (SSSR count). The van der Waals surface area contributed by atoms with E-state index >= 15 is 0 Å². The van der Waals surface area contributed by atoms with E-state index in [2.05, 4.69) is 24.6 Å². The third kappa shape index (κ3) is 6.78. The average molecular weight is 428 g/mol. The monoisotopic (exact) mass is 428 g/mol. The number of halogens is 3. The van der Waals surface area contributed by atoms with Crippen molar-refractivity contribution in [3.63, 3.8) is 0 Å². The van der Waals surface area contributed by atoms with Crippen LogP contribution in [-0.4, -0.2) is 49.1 Å². The fourth-order valence-electron chi connectivity index (χ4n) is 3.06. The summed E-state index contributed by atoms with van der Waals surface area (Å²) >= 11 is 0. The highest BCUT2D eigenvalue weighted by molar-refractivity contribution is 7.96. The first-order valence-corrected chi connectivity index (χ1v) is 11.6. The highest BCUT2D eigenvalue weighted by Crippen LogP contribution is 2.37. The number of Topliss-reactive ketones (excluding diaryl/α,β-unsaturated/α-hetero) is 1. The van der Waals surface area contributed by atoms with E-state index in [-0.39, 0.29) is 22.9 Å². The van der Waals surface area contributed by atoms with Crippen molar-refractivity contribution in [2.45, 2.75) is 36.1 Å². The molecule has 0 radical (unpaired) electrons. The van der Waals surface area contributed by atoms with Crippen LogP contribution >= 0.6 is 0 Å². The lowest BCUT2D eigenvalue weighted by Crippen LogP contribution is -2.41. The number of carbonyl (C=O) groups is 1. The molecule has 1 saturated carbocycles. The summed E-state index contributed by atoms with van der Waals surface area (Å²) in [7, 11) is -4.12. The van der Waals surface area contributed by atoms with E-state index in [0.29, 0.717) is 17.5 Å². The van der Waals surface area contributed by atoms with Gasteiger partial charge >= 0.3 is 5.51 Å². The van der Waals surface area contributed by atoms with Crippen molar-refractivity contribution in [3.8, 4) is 0 Å². The topological polar surface area (TPSA) is 83.5 Å². The van der Waals surface area contributed by atoms with Crippen LogP contribution in [0.15, 0.2) is 30.3 Å². The summed E-state index contributed by atoms with van der Waals surface area (Å²) in [5, 5.41) is 0.464. The minimum Gasteiger partial charge on any atom is -0.741 e. The molecular weight excluding hydrogens is 405 g/mol. The molecule has 0 N–H and O–H groups in total. The minimum absolute atomic E-state index is 0.0273. The van der Waals surface area contributed by atoms with Gasteiger partial charge in [-0.1, -0.05) is 30.3 Å². The van der Waals surface area contributed by atoms with Crippen molar-refractivity contribution in [3.05, 3.63) is 35.9 Å². The Labute approximate surface area is 160 Å². The molecule has 0 amide bonds. The first-order valence-electron chi connectivity index (χ1n) is 8.09.